The van der Waals surface area contributed by atoms with Gasteiger partial charge in [0, 0.05) is 34.7 Å². The standard InChI is InChI=1S/C21H16Cl2FN7O4/c1-34-18-8-17(35-30-18)20(32)28-29-21(33)26-10-16-15(24)5-11(9-25-16)13-6-12(22)7-14(23)19(13)31-4-2-3-27-31/h2-9H,10H2,1H3,(H,28,32)(H2,26,29,33). The van der Waals surface area contributed by atoms with Gasteiger partial charge >= 0.3 is 11.9 Å². The fraction of sp³-hybridized carbons (Fsp3) is 0.0952. The molecule has 1 aromatic carbocycles. The monoisotopic (exact) mass is 519 g/mol. The summed E-state index contributed by atoms with van der Waals surface area (Å²) >= 11 is 12.5. The molecule has 180 valence electrons. The zero-order valence-electron chi connectivity index (χ0n) is 17.9. The Bertz CT molecular complexity index is 1380. The maximum atomic E-state index is 14.8. The first kappa shape index (κ1) is 24.0. The Morgan fingerprint density at radius 3 is 2.71 bits per heavy atom. The lowest BCUT2D eigenvalue weighted by atomic mass is 10.0. The van der Waals surface area contributed by atoms with Crippen molar-refractivity contribution in [3.63, 3.8) is 0 Å². The molecule has 3 N–H and O–H groups in total. The van der Waals surface area contributed by atoms with E-state index in [0.29, 0.717) is 26.9 Å². The molecular weight excluding hydrogens is 504 g/mol. The van der Waals surface area contributed by atoms with Crippen molar-refractivity contribution in [2.75, 3.05) is 7.11 Å². The SMILES string of the molecule is COc1cc(C(=O)NNC(=O)NCc2ncc(-c3cc(Cl)cc(Cl)c3-n3cccn3)cc2F)on1. The topological polar surface area (TPSA) is 136 Å². The number of urea groups is 1. The Labute approximate surface area is 207 Å². The summed E-state index contributed by atoms with van der Waals surface area (Å²) in [4.78, 5) is 28.0. The minimum absolute atomic E-state index is 0.0380. The van der Waals surface area contributed by atoms with E-state index in [1.165, 1.54) is 30.1 Å². The van der Waals surface area contributed by atoms with Gasteiger partial charge in [-0.1, -0.05) is 23.2 Å². The molecule has 11 nitrogen and oxygen atoms in total. The number of rotatable bonds is 6. The molecule has 0 aliphatic rings. The number of hydrazine groups is 1. The third kappa shape index (κ3) is 5.50. The second-order valence-corrected chi connectivity index (χ2v) is 7.73. The zero-order chi connectivity index (χ0) is 24.9. The van der Waals surface area contributed by atoms with Gasteiger partial charge in [0.25, 0.3) is 5.88 Å². The summed E-state index contributed by atoms with van der Waals surface area (Å²) < 4.78 is 25.9. The lowest BCUT2D eigenvalue weighted by molar-refractivity contribution is 0.0898. The largest absolute Gasteiger partial charge is 0.479 e. The highest BCUT2D eigenvalue weighted by atomic mass is 35.5. The van der Waals surface area contributed by atoms with Crippen LogP contribution >= 0.6 is 23.2 Å². The molecule has 0 spiro atoms. The highest BCUT2D eigenvalue weighted by molar-refractivity contribution is 6.36. The van der Waals surface area contributed by atoms with Gasteiger partial charge < -0.3 is 14.6 Å². The summed E-state index contributed by atoms with van der Waals surface area (Å²) in [7, 11) is 1.35. The third-order valence-electron chi connectivity index (χ3n) is 4.62. The maximum Gasteiger partial charge on any atom is 0.333 e. The molecule has 4 rings (SSSR count). The van der Waals surface area contributed by atoms with Crippen LogP contribution in [0, 0.1) is 5.82 Å². The number of nitrogens with one attached hydrogen (secondary N) is 3. The van der Waals surface area contributed by atoms with Crippen LogP contribution in [0.1, 0.15) is 16.2 Å². The summed E-state index contributed by atoms with van der Waals surface area (Å²) in [6, 6.07) is 6.58. The van der Waals surface area contributed by atoms with E-state index in [-0.39, 0.29) is 23.9 Å². The first-order chi connectivity index (χ1) is 16.9. The summed E-state index contributed by atoms with van der Waals surface area (Å²) in [6.45, 7) is -0.258. The van der Waals surface area contributed by atoms with Crippen molar-refractivity contribution in [3.8, 4) is 22.7 Å². The van der Waals surface area contributed by atoms with Crippen LogP contribution in [-0.2, 0) is 6.54 Å². The molecule has 3 heterocycles. The van der Waals surface area contributed by atoms with Crippen molar-refractivity contribution in [1.29, 1.82) is 0 Å². The third-order valence-corrected chi connectivity index (χ3v) is 5.12. The number of amides is 3. The Hall–Kier alpha value is -4.16. The minimum atomic E-state index is -0.808. The number of hydrogen-bond donors (Lipinski definition) is 3. The average molecular weight is 520 g/mol. The Kier molecular flexibility index (Phi) is 7.13. The van der Waals surface area contributed by atoms with Crippen molar-refractivity contribution in [1.82, 2.24) is 36.1 Å². The highest BCUT2D eigenvalue weighted by Crippen LogP contribution is 2.35. The van der Waals surface area contributed by atoms with Crippen LogP contribution < -0.4 is 20.9 Å². The van der Waals surface area contributed by atoms with E-state index in [9.17, 15) is 14.0 Å². The molecular formula is C21H16Cl2FN7O4. The second-order valence-electron chi connectivity index (χ2n) is 6.88. The molecule has 4 aromatic rings. The lowest BCUT2D eigenvalue weighted by Gasteiger charge is -2.14. The summed E-state index contributed by atoms with van der Waals surface area (Å²) in [6.07, 6.45) is 4.70. The molecule has 3 amide bonds. The van der Waals surface area contributed by atoms with Gasteiger partial charge in [-0.15, -0.1) is 0 Å². The van der Waals surface area contributed by atoms with Crippen LogP contribution in [0.2, 0.25) is 10.0 Å². The molecule has 0 bridgehead atoms. The van der Waals surface area contributed by atoms with Crippen LogP contribution in [0.25, 0.3) is 16.8 Å². The number of hydrogen-bond acceptors (Lipinski definition) is 7. The first-order valence-electron chi connectivity index (χ1n) is 9.84. The van der Waals surface area contributed by atoms with Gasteiger partial charge in [0.15, 0.2) is 0 Å². The molecule has 0 atom stereocenters. The van der Waals surface area contributed by atoms with Crippen molar-refractivity contribution in [2.24, 2.45) is 0 Å². The number of carbonyl (C=O) groups is 2. The highest BCUT2D eigenvalue weighted by Gasteiger charge is 2.17. The number of benzene rings is 1. The fourth-order valence-electron chi connectivity index (χ4n) is 3.01. The smallest absolute Gasteiger partial charge is 0.333 e. The van der Waals surface area contributed by atoms with Crippen LogP contribution in [-0.4, -0.2) is 39.0 Å². The second kappa shape index (κ2) is 10.4. The molecule has 0 unspecified atom stereocenters. The predicted octanol–water partition coefficient (Wildman–Crippen LogP) is 3.52. The van der Waals surface area contributed by atoms with Crippen molar-refractivity contribution in [3.05, 3.63) is 76.2 Å². The van der Waals surface area contributed by atoms with E-state index >= 15 is 0 Å². The molecule has 0 saturated carbocycles. The molecule has 3 aromatic heterocycles. The zero-order valence-corrected chi connectivity index (χ0v) is 19.4. The number of aromatic nitrogens is 4. The fourth-order valence-corrected chi connectivity index (χ4v) is 3.59. The van der Waals surface area contributed by atoms with Crippen molar-refractivity contribution < 1.29 is 23.2 Å². The van der Waals surface area contributed by atoms with Crippen LogP contribution in [0.5, 0.6) is 5.88 Å². The van der Waals surface area contributed by atoms with Gasteiger partial charge in [0.05, 0.1) is 36.1 Å². The molecule has 35 heavy (non-hydrogen) atoms. The lowest BCUT2D eigenvalue weighted by Crippen LogP contribution is -2.46. The number of ether oxygens (including phenoxy) is 1. The molecule has 0 fully saturated rings. The quantitative estimate of drug-likeness (QED) is 0.331. The summed E-state index contributed by atoms with van der Waals surface area (Å²) in [5, 5.41) is 10.7. The normalized spacial score (nSPS) is 10.6. The first-order valence-corrected chi connectivity index (χ1v) is 10.6. The minimum Gasteiger partial charge on any atom is -0.479 e. The number of pyridine rings is 1. The van der Waals surface area contributed by atoms with E-state index in [1.807, 2.05) is 0 Å². The number of nitrogens with zero attached hydrogens (tertiary/aromatic N) is 4. The van der Waals surface area contributed by atoms with E-state index < -0.39 is 17.8 Å². The Morgan fingerprint density at radius 2 is 2.03 bits per heavy atom. The van der Waals surface area contributed by atoms with Crippen LogP contribution in [0.4, 0.5) is 9.18 Å². The van der Waals surface area contributed by atoms with E-state index in [1.54, 1.807) is 30.6 Å². The number of halogens is 3. The molecule has 0 saturated heterocycles. The van der Waals surface area contributed by atoms with Gasteiger partial charge in [-0.2, -0.15) is 5.10 Å². The summed E-state index contributed by atoms with van der Waals surface area (Å²) in [5.74, 6) is -1.52. The number of carbonyl (C=O) groups excluding carboxylic acids is 2. The van der Waals surface area contributed by atoms with E-state index in [0.717, 1.165) is 0 Å². The Balaban J connectivity index is 1.42. The van der Waals surface area contributed by atoms with Gasteiger partial charge in [-0.25, -0.2) is 19.3 Å². The van der Waals surface area contributed by atoms with Crippen molar-refractivity contribution >= 4 is 35.1 Å². The van der Waals surface area contributed by atoms with E-state index in [4.69, 9.17) is 32.5 Å². The van der Waals surface area contributed by atoms with Crippen LogP contribution in [0.15, 0.2) is 53.4 Å². The van der Waals surface area contributed by atoms with E-state index in [2.05, 4.69) is 31.4 Å². The molecule has 0 aliphatic heterocycles. The molecule has 0 aliphatic carbocycles. The molecule has 14 heteroatoms. The van der Waals surface area contributed by atoms with Gasteiger partial charge in [-0.05, 0) is 29.4 Å². The van der Waals surface area contributed by atoms with Crippen molar-refractivity contribution in [2.45, 2.75) is 6.54 Å². The molecule has 0 radical (unpaired) electrons. The van der Waals surface area contributed by atoms with Gasteiger partial charge in [0.1, 0.15) is 5.82 Å². The Morgan fingerprint density at radius 1 is 1.20 bits per heavy atom. The van der Waals surface area contributed by atoms with Gasteiger partial charge in [-0.3, -0.25) is 15.2 Å². The number of methoxy groups -OCH3 is 1. The predicted molar refractivity (Wildman–Crippen MR) is 123 cm³/mol. The average Bonchev–Trinajstić information content (AvgIpc) is 3.53. The maximum absolute atomic E-state index is 14.8. The van der Waals surface area contributed by atoms with Crippen LogP contribution in [0.3, 0.4) is 0 Å². The summed E-state index contributed by atoms with van der Waals surface area (Å²) in [5.41, 5.74) is 5.60. The van der Waals surface area contributed by atoms with Gasteiger partial charge in [0.2, 0.25) is 5.76 Å².